The van der Waals surface area contributed by atoms with Gasteiger partial charge in [0.15, 0.2) is 0 Å². The molecule has 0 aliphatic carbocycles. The van der Waals surface area contributed by atoms with E-state index in [1.54, 1.807) is 0 Å². The topological polar surface area (TPSA) is 49.4 Å². The number of halogens is 3. The Morgan fingerprint density at radius 3 is 2.26 bits per heavy atom. The van der Waals surface area contributed by atoms with Gasteiger partial charge in [-0.05, 0) is 25.8 Å². The van der Waals surface area contributed by atoms with Crippen molar-refractivity contribution in [3.63, 3.8) is 0 Å². The van der Waals surface area contributed by atoms with Crippen LogP contribution in [-0.4, -0.2) is 50.8 Å². The zero-order chi connectivity index (χ0) is 14.5. The van der Waals surface area contributed by atoms with Gasteiger partial charge in [-0.2, -0.15) is 13.2 Å². The molecule has 1 N–H and O–H groups in total. The first-order valence-electron chi connectivity index (χ1n) is 6.52. The molecule has 4 nitrogen and oxygen atoms in total. The molecule has 0 radical (unpaired) electrons. The maximum Gasteiger partial charge on any atom is 0.391 e. The number of piperidine rings is 1. The number of sulfonamides is 1. The van der Waals surface area contributed by atoms with Crippen LogP contribution in [0.2, 0.25) is 0 Å². The van der Waals surface area contributed by atoms with E-state index in [-0.39, 0.29) is 31.7 Å². The second-order valence-electron chi connectivity index (χ2n) is 4.78. The molecule has 0 aromatic heterocycles. The molecule has 0 aromatic rings. The van der Waals surface area contributed by atoms with Crippen LogP contribution < -0.4 is 5.32 Å². The summed E-state index contributed by atoms with van der Waals surface area (Å²) in [6.07, 6.45) is -3.56. The van der Waals surface area contributed by atoms with E-state index < -0.39 is 22.1 Å². The van der Waals surface area contributed by atoms with Gasteiger partial charge in [0, 0.05) is 19.6 Å². The lowest BCUT2D eigenvalue weighted by molar-refractivity contribution is -0.182. The van der Waals surface area contributed by atoms with Crippen molar-refractivity contribution in [1.82, 2.24) is 9.62 Å². The van der Waals surface area contributed by atoms with E-state index in [1.807, 2.05) is 6.92 Å². The van der Waals surface area contributed by atoms with Gasteiger partial charge in [0.25, 0.3) is 0 Å². The van der Waals surface area contributed by atoms with Gasteiger partial charge in [-0.25, -0.2) is 12.7 Å². The first-order valence-corrected chi connectivity index (χ1v) is 8.13. The van der Waals surface area contributed by atoms with Gasteiger partial charge in [0.2, 0.25) is 10.0 Å². The minimum Gasteiger partial charge on any atom is -0.316 e. The third-order valence-corrected chi connectivity index (χ3v) is 5.15. The average molecular weight is 302 g/mol. The van der Waals surface area contributed by atoms with Crippen LogP contribution in [0.3, 0.4) is 0 Å². The fourth-order valence-electron chi connectivity index (χ4n) is 2.09. The number of nitrogens with one attached hydrogen (secondary N) is 1. The predicted molar refractivity (Wildman–Crippen MR) is 67.3 cm³/mol. The lowest BCUT2D eigenvalue weighted by Gasteiger charge is -2.32. The minimum absolute atomic E-state index is 0.0275. The highest BCUT2D eigenvalue weighted by molar-refractivity contribution is 7.89. The standard InChI is InChI=1S/C11H21F3N2O2S/c1-2-5-15-6-9-19(17,18)16-7-3-10(4-8-16)11(12,13)14/h10,15H,2-9H2,1H3. The number of nitrogens with zero attached hydrogens (tertiary/aromatic N) is 1. The lowest BCUT2D eigenvalue weighted by Crippen LogP contribution is -2.44. The maximum atomic E-state index is 12.5. The summed E-state index contributed by atoms with van der Waals surface area (Å²) in [5.74, 6) is -1.42. The summed E-state index contributed by atoms with van der Waals surface area (Å²) >= 11 is 0. The first-order chi connectivity index (χ1) is 8.77. The van der Waals surface area contributed by atoms with Gasteiger partial charge < -0.3 is 5.32 Å². The fraction of sp³-hybridized carbons (Fsp3) is 1.00. The second-order valence-corrected chi connectivity index (χ2v) is 6.87. The molecule has 0 unspecified atom stereocenters. The summed E-state index contributed by atoms with van der Waals surface area (Å²) in [6.45, 7) is 3.00. The van der Waals surface area contributed by atoms with Gasteiger partial charge >= 0.3 is 6.18 Å². The summed E-state index contributed by atoms with van der Waals surface area (Å²) in [5, 5.41) is 2.98. The fourth-order valence-corrected chi connectivity index (χ4v) is 3.52. The Bertz CT molecular complexity index is 363. The second kappa shape index (κ2) is 6.90. The van der Waals surface area contributed by atoms with E-state index in [1.165, 1.54) is 4.31 Å². The molecule has 0 spiro atoms. The van der Waals surface area contributed by atoms with Crippen molar-refractivity contribution in [2.45, 2.75) is 32.4 Å². The van der Waals surface area contributed by atoms with Crippen molar-refractivity contribution in [1.29, 1.82) is 0 Å². The van der Waals surface area contributed by atoms with E-state index >= 15 is 0 Å². The van der Waals surface area contributed by atoms with Crippen molar-refractivity contribution in [3.8, 4) is 0 Å². The summed E-state index contributed by atoms with van der Waals surface area (Å²) in [4.78, 5) is 0. The Balaban J connectivity index is 2.41. The molecule has 0 amide bonds. The Morgan fingerprint density at radius 2 is 1.79 bits per heavy atom. The van der Waals surface area contributed by atoms with E-state index in [4.69, 9.17) is 0 Å². The van der Waals surface area contributed by atoms with Crippen LogP contribution >= 0.6 is 0 Å². The molecule has 0 saturated carbocycles. The molecular formula is C11H21F3N2O2S. The van der Waals surface area contributed by atoms with Crippen LogP contribution in [-0.2, 0) is 10.0 Å². The molecule has 0 atom stereocenters. The van der Waals surface area contributed by atoms with Crippen molar-refractivity contribution in [2.24, 2.45) is 5.92 Å². The zero-order valence-electron chi connectivity index (χ0n) is 11.0. The third-order valence-electron chi connectivity index (χ3n) is 3.27. The average Bonchev–Trinajstić information content (AvgIpc) is 2.34. The number of hydrogen-bond donors (Lipinski definition) is 1. The Kier molecular flexibility index (Phi) is 6.07. The molecule has 114 valence electrons. The van der Waals surface area contributed by atoms with Crippen molar-refractivity contribution >= 4 is 10.0 Å². The van der Waals surface area contributed by atoms with E-state index in [2.05, 4.69) is 5.32 Å². The van der Waals surface area contributed by atoms with Crippen molar-refractivity contribution < 1.29 is 21.6 Å². The molecular weight excluding hydrogens is 281 g/mol. The van der Waals surface area contributed by atoms with Gasteiger partial charge in [0.1, 0.15) is 0 Å². The highest BCUT2D eigenvalue weighted by atomic mass is 32.2. The number of alkyl halides is 3. The molecule has 1 rings (SSSR count). The number of rotatable bonds is 6. The van der Waals surface area contributed by atoms with Gasteiger partial charge in [-0.1, -0.05) is 6.92 Å². The monoisotopic (exact) mass is 302 g/mol. The van der Waals surface area contributed by atoms with Gasteiger partial charge in [0.05, 0.1) is 11.7 Å². The summed E-state index contributed by atoms with van der Waals surface area (Å²) in [5.41, 5.74) is 0. The summed E-state index contributed by atoms with van der Waals surface area (Å²) < 4.78 is 62.4. The smallest absolute Gasteiger partial charge is 0.316 e. The highest BCUT2D eigenvalue weighted by Gasteiger charge is 2.42. The molecule has 1 aliphatic rings. The Labute approximate surface area is 112 Å². The van der Waals surface area contributed by atoms with Crippen LogP contribution in [0.1, 0.15) is 26.2 Å². The van der Waals surface area contributed by atoms with Crippen LogP contribution in [0.4, 0.5) is 13.2 Å². The quantitative estimate of drug-likeness (QED) is 0.758. The molecule has 1 fully saturated rings. The van der Waals surface area contributed by atoms with Gasteiger partial charge in [-0.15, -0.1) is 0 Å². The molecule has 0 aromatic carbocycles. The number of hydrogen-bond acceptors (Lipinski definition) is 3. The largest absolute Gasteiger partial charge is 0.391 e. The van der Waals surface area contributed by atoms with Crippen LogP contribution in [0.25, 0.3) is 0 Å². The molecule has 8 heteroatoms. The van der Waals surface area contributed by atoms with Gasteiger partial charge in [-0.3, -0.25) is 0 Å². The molecule has 19 heavy (non-hydrogen) atoms. The molecule has 1 heterocycles. The predicted octanol–water partition coefficient (Wildman–Crippen LogP) is 1.59. The maximum absolute atomic E-state index is 12.5. The van der Waals surface area contributed by atoms with Crippen molar-refractivity contribution in [2.75, 3.05) is 31.9 Å². The SMILES string of the molecule is CCCNCCS(=O)(=O)N1CCC(C(F)(F)F)CC1. The normalized spacial score (nSPS) is 19.8. The first kappa shape index (κ1) is 16.7. The molecule has 1 aliphatic heterocycles. The zero-order valence-corrected chi connectivity index (χ0v) is 11.9. The van der Waals surface area contributed by atoms with Crippen molar-refractivity contribution in [3.05, 3.63) is 0 Å². The van der Waals surface area contributed by atoms with Crippen LogP contribution in [0.5, 0.6) is 0 Å². The molecule has 0 bridgehead atoms. The highest BCUT2D eigenvalue weighted by Crippen LogP contribution is 2.34. The Hall–Kier alpha value is -0.340. The van der Waals surface area contributed by atoms with E-state index in [0.717, 1.165) is 13.0 Å². The summed E-state index contributed by atoms with van der Waals surface area (Å²) in [6, 6.07) is 0. The van der Waals surface area contributed by atoms with E-state index in [0.29, 0.717) is 6.54 Å². The van der Waals surface area contributed by atoms with Crippen LogP contribution in [0, 0.1) is 5.92 Å². The Morgan fingerprint density at radius 1 is 1.21 bits per heavy atom. The third kappa shape index (κ3) is 5.27. The minimum atomic E-state index is -4.21. The van der Waals surface area contributed by atoms with Crippen LogP contribution in [0.15, 0.2) is 0 Å². The summed E-state index contributed by atoms with van der Waals surface area (Å²) in [7, 11) is -3.43. The molecule has 1 saturated heterocycles. The van der Waals surface area contributed by atoms with E-state index in [9.17, 15) is 21.6 Å². The lowest BCUT2D eigenvalue weighted by atomic mass is 9.98.